The van der Waals surface area contributed by atoms with Gasteiger partial charge >= 0.3 is 0 Å². The summed E-state index contributed by atoms with van der Waals surface area (Å²) in [6.45, 7) is 4.56. The maximum atomic E-state index is 6.17. The summed E-state index contributed by atoms with van der Waals surface area (Å²) in [6, 6.07) is 19.9. The third kappa shape index (κ3) is 4.75. The van der Waals surface area contributed by atoms with E-state index in [9.17, 15) is 0 Å². The minimum atomic E-state index is 0.425. The molecule has 0 aliphatic heterocycles. The van der Waals surface area contributed by atoms with Gasteiger partial charge in [-0.1, -0.05) is 41.9 Å². The number of rotatable bonds is 5. The van der Waals surface area contributed by atoms with Crippen LogP contribution in [-0.2, 0) is 6.61 Å². The molecule has 0 aromatic heterocycles. The van der Waals surface area contributed by atoms with E-state index < -0.39 is 0 Å². The van der Waals surface area contributed by atoms with E-state index in [1.165, 1.54) is 5.56 Å². The molecule has 0 bridgehead atoms. The standard InChI is InChI=1S/C22H19BrClNO/c1-15-7-8-16(2)21(11-15)25-13-17-9-10-22(19(23)12-17)26-14-18-5-3-4-6-20(18)24/h3-13H,14H2,1-2H3. The minimum absolute atomic E-state index is 0.425. The van der Waals surface area contributed by atoms with Gasteiger partial charge < -0.3 is 4.74 Å². The molecule has 0 heterocycles. The Morgan fingerprint density at radius 3 is 2.62 bits per heavy atom. The van der Waals surface area contributed by atoms with E-state index >= 15 is 0 Å². The minimum Gasteiger partial charge on any atom is -0.488 e. The number of aryl methyl sites for hydroxylation is 2. The lowest BCUT2D eigenvalue weighted by atomic mass is 10.1. The SMILES string of the molecule is Cc1ccc(C)c(N=Cc2ccc(OCc3ccccc3Cl)c(Br)c2)c1. The van der Waals surface area contributed by atoms with Crippen molar-refractivity contribution in [2.75, 3.05) is 0 Å². The summed E-state index contributed by atoms with van der Waals surface area (Å²) in [5.74, 6) is 0.772. The third-order valence-corrected chi connectivity index (χ3v) is 5.00. The number of halogens is 2. The van der Waals surface area contributed by atoms with Crippen molar-refractivity contribution in [1.29, 1.82) is 0 Å². The molecular weight excluding hydrogens is 410 g/mol. The van der Waals surface area contributed by atoms with Crippen molar-refractivity contribution < 1.29 is 4.74 Å². The van der Waals surface area contributed by atoms with Crippen LogP contribution in [0, 0.1) is 13.8 Å². The van der Waals surface area contributed by atoms with Crippen molar-refractivity contribution in [2.45, 2.75) is 20.5 Å². The van der Waals surface area contributed by atoms with Gasteiger partial charge in [-0.15, -0.1) is 0 Å². The second kappa shape index (κ2) is 8.52. The summed E-state index contributed by atoms with van der Waals surface area (Å²) >= 11 is 9.74. The molecule has 0 radical (unpaired) electrons. The summed E-state index contributed by atoms with van der Waals surface area (Å²) in [7, 11) is 0. The first-order chi connectivity index (χ1) is 12.5. The largest absolute Gasteiger partial charge is 0.488 e. The van der Waals surface area contributed by atoms with Gasteiger partial charge in [0, 0.05) is 16.8 Å². The molecule has 4 heteroatoms. The molecule has 0 aliphatic rings. The molecule has 0 fully saturated rings. The molecular formula is C22H19BrClNO. The molecule has 0 spiro atoms. The van der Waals surface area contributed by atoms with Crippen LogP contribution in [0.25, 0.3) is 0 Å². The van der Waals surface area contributed by atoms with Gasteiger partial charge in [0.15, 0.2) is 0 Å². The summed E-state index contributed by atoms with van der Waals surface area (Å²) in [5, 5.41) is 0.709. The Kier molecular flexibility index (Phi) is 6.12. The Morgan fingerprint density at radius 1 is 1.04 bits per heavy atom. The molecule has 0 aliphatic carbocycles. The molecule has 0 atom stereocenters. The summed E-state index contributed by atoms with van der Waals surface area (Å²) < 4.78 is 6.76. The van der Waals surface area contributed by atoms with Gasteiger partial charge in [0.1, 0.15) is 12.4 Å². The zero-order valence-electron chi connectivity index (χ0n) is 14.7. The molecule has 0 saturated heterocycles. The number of benzene rings is 3. The van der Waals surface area contributed by atoms with Crippen LogP contribution in [-0.4, -0.2) is 6.21 Å². The van der Waals surface area contributed by atoms with Crippen molar-refractivity contribution >= 4 is 39.4 Å². The lowest BCUT2D eigenvalue weighted by Gasteiger charge is -2.10. The Bertz CT molecular complexity index is 953. The van der Waals surface area contributed by atoms with Gasteiger partial charge in [0.05, 0.1) is 10.2 Å². The topological polar surface area (TPSA) is 21.6 Å². The highest BCUT2D eigenvalue weighted by Crippen LogP contribution is 2.28. The van der Waals surface area contributed by atoms with Crippen molar-refractivity contribution in [3.05, 3.63) is 92.4 Å². The number of aliphatic imine (C=N–C) groups is 1. The fourth-order valence-electron chi connectivity index (χ4n) is 2.49. The first-order valence-corrected chi connectivity index (χ1v) is 9.47. The van der Waals surface area contributed by atoms with E-state index in [0.717, 1.165) is 32.6 Å². The van der Waals surface area contributed by atoms with Crippen LogP contribution < -0.4 is 4.74 Å². The van der Waals surface area contributed by atoms with Crippen LogP contribution in [0.2, 0.25) is 5.02 Å². The number of hydrogen-bond acceptors (Lipinski definition) is 2. The van der Waals surface area contributed by atoms with Gasteiger partial charge in [-0.25, -0.2) is 0 Å². The van der Waals surface area contributed by atoms with Crippen LogP contribution >= 0.6 is 27.5 Å². The van der Waals surface area contributed by atoms with Gasteiger partial charge in [0.25, 0.3) is 0 Å². The molecule has 0 saturated carbocycles. The van der Waals surface area contributed by atoms with Gasteiger partial charge in [-0.3, -0.25) is 4.99 Å². The molecule has 2 nitrogen and oxygen atoms in total. The van der Waals surface area contributed by atoms with Crippen molar-refractivity contribution in [2.24, 2.45) is 4.99 Å². The Hall–Kier alpha value is -2.10. The lowest BCUT2D eigenvalue weighted by Crippen LogP contribution is -1.97. The lowest BCUT2D eigenvalue weighted by molar-refractivity contribution is 0.304. The van der Waals surface area contributed by atoms with Crippen LogP contribution in [0.15, 0.2) is 70.1 Å². The van der Waals surface area contributed by atoms with E-state index in [-0.39, 0.29) is 0 Å². The van der Waals surface area contributed by atoms with Gasteiger partial charge in [-0.2, -0.15) is 0 Å². The quantitative estimate of drug-likeness (QED) is 0.399. The Labute approximate surface area is 167 Å². The fraction of sp³-hybridized carbons (Fsp3) is 0.136. The monoisotopic (exact) mass is 427 g/mol. The van der Waals surface area contributed by atoms with Crippen LogP contribution in [0.5, 0.6) is 5.75 Å². The molecule has 0 unspecified atom stereocenters. The fourth-order valence-corrected chi connectivity index (χ4v) is 3.19. The summed E-state index contributed by atoms with van der Waals surface area (Å²) in [6.07, 6.45) is 1.87. The summed E-state index contributed by atoms with van der Waals surface area (Å²) in [5.41, 5.74) is 5.31. The normalized spacial score (nSPS) is 11.1. The highest BCUT2D eigenvalue weighted by Gasteiger charge is 2.05. The third-order valence-electron chi connectivity index (χ3n) is 4.01. The van der Waals surface area contributed by atoms with Gasteiger partial charge in [-0.05, 0) is 76.8 Å². The average molecular weight is 429 g/mol. The molecule has 26 heavy (non-hydrogen) atoms. The van der Waals surface area contributed by atoms with Crippen LogP contribution in [0.3, 0.4) is 0 Å². The first kappa shape index (κ1) is 18.7. The first-order valence-electron chi connectivity index (χ1n) is 8.30. The number of ether oxygens (including phenoxy) is 1. The summed E-state index contributed by atoms with van der Waals surface area (Å²) in [4.78, 5) is 4.61. The predicted octanol–water partition coefficient (Wildman–Crippen LogP) is 7.05. The second-order valence-corrected chi connectivity index (χ2v) is 7.38. The van der Waals surface area contributed by atoms with Crippen molar-refractivity contribution in [3.63, 3.8) is 0 Å². The van der Waals surface area contributed by atoms with Gasteiger partial charge in [0.2, 0.25) is 0 Å². The van der Waals surface area contributed by atoms with E-state index in [4.69, 9.17) is 16.3 Å². The van der Waals surface area contributed by atoms with E-state index in [0.29, 0.717) is 11.6 Å². The highest BCUT2D eigenvalue weighted by atomic mass is 79.9. The highest BCUT2D eigenvalue weighted by molar-refractivity contribution is 9.10. The second-order valence-electron chi connectivity index (χ2n) is 6.12. The van der Waals surface area contributed by atoms with E-state index in [2.05, 4.69) is 53.0 Å². The predicted molar refractivity (Wildman–Crippen MR) is 113 cm³/mol. The van der Waals surface area contributed by atoms with Crippen LogP contribution in [0.4, 0.5) is 5.69 Å². The maximum absolute atomic E-state index is 6.17. The Balaban J connectivity index is 1.72. The zero-order valence-corrected chi connectivity index (χ0v) is 17.0. The van der Waals surface area contributed by atoms with Crippen molar-refractivity contribution in [1.82, 2.24) is 0 Å². The van der Waals surface area contributed by atoms with E-state index in [1.807, 2.05) is 48.7 Å². The molecule has 0 N–H and O–H groups in total. The average Bonchev–Trinajstić information content (AvgIpc) is 2.63. The molecule has 132 valence electrons. The zero-order chi connectivity index (χ0) is 18.5. The smallest absolute Gasteiger partial charge is 0.134 e. The Morgan fingerprint density at radius 2 is 1.85 bits per heavy atom. The number of nitrogens with zero attached hydrogens (tertiary/aromatic N) is 1. The maximum Gasteiger partial charge on any atom is 0.134 e. The van der Waals surface area contributed by atoms with Crippen LogP contribution in [0.1, 0.15) is 22.3 Å². The number of hydrogen-bond donors (Lipinski definition) is 0. The molecule has 3 rings (SSSR count). The molecule has 3 aromatic carbocycles. The molecule has 3 aromatic rings. The van der Waals surface area contributed by atoms with E-state index in [1.54, 1.807) is 0 Å². The molecule has 0 amide bonds. The van der Waals surface area contributed by atoms with Crippen molar-refractivity contribution in [3.8, 4) is 5.75 Å².